The molecule has 1 aliphatic rings. The quantitative estimate of drug-likeness (QED) is 0.504. The molecule has 30 heavy (non-hydrogen) atoms. The maximum Gasteiger partial charge on any atom is 0.230 e. The lowest BCUT2D eigenvalue weighted by molar-refractivity contribution is -0.118. The third-order valence-electron chi connectivity index (χ3n) is 5.42. The lowest BCUT2D eigenvalue weighted by atomic mass is 10.1. The summed E-state index contributed by atoms with van der Waals surface area (Å²) < 4.78 is 2.15. The number of amides is 1. The first kappa shape index (κ1) is 20.9. The summed E-state index contributed by atoms with van der Waals surface area (Å²) in [6.07, 6.45) is 1.10. The van der Waals surface area contributed by atoms with Gasteiger partial charge in [-0.3, -0.25) is 4.79 Å². The van der Waals surface area contributed by atoms with Crippen LogP contribution in [0.25, 0.3) is 0 Å². The Bertz CT molecular complexity index is 1020. The molecule has 0 spiro atoms. The van der Waals surface area contributed by atoms with Gasteiger partial charge >= 0.3 is 0 Å². The van der Waals surface area contributed by atoms with Crippen LogP contribution in [0.4, 0.5) is 0 Å². The number of aryl methyl sites for hydroxylation is 1. The van der Waals surface area contributed by atoms with Crippen molar-refractivity contribution in [3.05, 3.63) is 76.1 Å². The highest BCUT2D eigenvalue weighted by atomic mass is 35.5. The van der Waals surface area contributed by atoms with Crippen molar-refractivity contribution in [2.24, 2.45) is 0 Å². The van der Waals surface area contributed by atoms with Gasteiger partial charge in [0, 0.05) is 24.0 Å². The molecule has 3 aromatic rings. The highest BCUT2D eigenvalue weighted by molar-refractivity contribution is 7.99. The van der Waals surface area contributed by atoms with E-state index in [-0.39, 0.29) is 5.91 Å². The number of halogens is 1. The molecule has 1 aliphatic carbocycles. The van der Waals surface area contributed by atoms with Crippen LogP contribution in [0.15, 0.2) is 53.7 Å². The van der Waals surface area contributed by atoms with Gasteiger partial charge in [-0.15, -0.1) is 10.2 Å². The first-order chi connectivity index (χ1) is 14.5. The average molecular weight is 441 g/mol. The summed E-state index contributed by atoms with van der Waals surface area (Å²) in [7, 11) is 0. The van der Waals surface area contributed by atoms with E-state index < -0.39 is 0 Å². The molecule has 2 atom stereocenters. The molecule has 0 unspecified atom stereocenters. The number of hydrogen-bond donors (Lipinski definition) is 1. The minimum atomic E-state index is -0.0221. The van der Waals surface area contributed by atoms with Crippen molar-refractivity contribution in [1.82, 2.24) is 20.1 Å². The van der Waals surface area contributed by atoms with Crippen LogP contribution in [0.2, 0.25) is 5.02 Å². The van der Waals surface area contributed by atoms with Crippen LogP contribution < -0.4 is 5.32 Å². The number of hydrogen-bond acceptors (Lipinski definition) is 4. The van der Waals surface area contributed by atoms with E-state index >= 15 is 0 Å². The smallest absolute Gasteiger partial charge is 0.230 e. The molecule has 1 fully saturated rings. The highest BCUT2D eigenvalue weighted by Crippen LogP contribution is 2.54. The Hall–Kier alpha value is -2.31. The van der Waals surface area contributed by atoms with E-state index in [4.69, 9.17) is 11.6 Å². The van der Waals surface area contributed by atoms with Crippen molar-refractivity contribution < 1.29 is 4.79 Å². The molecule has 0 radical (unpaired) electrons. The predicted molar refractivity (Wildman–Crippen MR) is 121 cm³/mol. The Morgan fingerprint density at radius 1 is 1.13 bits per heavy atom. The SMILES string of the molecule is CCn1c(SCC(=O)NCc2ccc(Cl)cc2)nnc1[C@H]1C[C@@H]1c1ccc(C)cc1. The van der Waals surface area contributed by atoms with Crippen molar-refractivity contribution in [2.45, 2.75) is 50.4 Å². The van der Waals surface area contributed by atoms with E-state index in [0.29, 0.717) is 29.2 Å². The number of aromatic nitrogens is 3. The molecule has 7 heteroatoms. The van der Waals surface area contributed by atoms with Gasteiger partial charge in [0.25, 0.3) is 0 Å². The lowest BCUT2D eigenvalue weighted by Gasteiger charge is -2.08. The predicted octanol–water partition coefficient (Wildman–Crippen LogP) is 4.94. The van der Waals surface area contributed by atoms with Crippen LogP contribution >= 0.6 is 23.4 Å². The summed E-state index contributed by atoms with van der Waals surface area (Å²) in [6.45, 7) is 5.49. The number of nitrogens with zero attached hydrogens (tertiary/aromatic N) is 3. The molecule has 1 saturated carbocycles. The zero-order chi connectivity index (χ0) is 21.1. The first-order valence-corrected chi connectivity index (χ1v) is 11.5. The number of benzene rings is 2. The van der Waals surface area contributed by atoms with Crippen LogP contribution in [0.5, 0.6) is 0 Å². The fourth-order valence-corrected chi connectivity index (χ4v) is 4.59. The minimum absolute atomic E-state index is 0.0221. The van der Waals surface area contributed by atoms with Gasteiger partial charge in [0.05, 0.1) is 5.75 Å². The van der Waals surface area contributed by atoms with E-state index in [9.17, 15) is 4.79 Å². The van der Waals surface area contributed by atoms with E-state index in [1.165, 1.54) is 22.9 Å². The first-order valence-electron chi connectivity index (χ1n) is 10.2. The standard InChI is InChI=1S/C23H25ClN4OS/c1-3-28-22(20-12-19(20)17-8-4-15(2)5-9-17)26-27-23(28)30-14-21(29)25-13-16-6-10-18(24)11-7-16/h4-11,19-20H,3,12-14H2,1-2H3,(H,25,29)/t19-,20+/m1/s1. The summed E-state index contributed by atoms with van der Waals surface area (Å²) >= 11 is 7.33. The summed E-state index contributed by atoms with van der Waals surface area (Å²) in [5.41, 5.74) is 3.67. The number of nitrogens with one attached hydrogen (secondary N) is 1. The molecule has 0 aliphatic heterocycles. The average Bonchev–Trinajstić information content (AvgIpc) is 3.44. The minimum Gasteiger partial charge on any atom is -0.351 e. The largest absolute Gasteiger partial charge is 0.351 e. The maximum absolute atomic E-state index is 12.3. The number of thioether (sulfide) groups is 1. The van der Waals surface area contributed by atoms with Gasteiger partial charge in [-0.1, -0.05) is 65.3 Å². The molecule has 1 N–H and O–H groups in total. The number of carbonyl (C=O) groups is 1. The molecule has 156 valence electrons. The zero-order valence-electron chi connectivity index (χ0n) is 17.1. The Morgan fingerprint density at radius 3 is 2.57 bits per heavy atom. The molecule has 0 saturated heterocycles. The molecule has 2 aromatic carbocycles. The fraction of sp³-hybridized carbons (Fsp3) is 0.348. The van der Waals surface area contributed by atoms with Crippen LogP contribution in [0.3, 0.4) is 0 Å². The van der Waals surface area contributed by atoms with Crippen molar-refractivity contribution >= 4 is 29.3 Å². The van der Waals surface area contributed by atoms with Crippen LogP contribution in [0.1, 0.15) is 47.7 Å². The molecule has 5 nitrogen and oxygen atoms in total. The lowest BCUT2D eigenvalue weighted by Crippen LogP contribution is -2.24. The van der Waals surface area contributed by atoms with Crippen molar-refractivity contribution in [1.29, 1.82) is 0 Å². The van der Waals surface area contributed by atoms with E-state index in [1.54, 1.807) is 0 Å². The molecular formula is C23H25ClN4OS. The highest BCUT2D eigenvalue weighted by Gasteiger charge is 2.43. The Morgan fingerprint density at radius 2 is 1.87 bits per heavy atom. The maximum atomic E-state index is 12.3. The van der Waals surface area contributed by atoms with Crippen LogP contribution in [-0.2, 0) is 17.9 Å². The van der Waals surface area contributed by atoms with Gasteiger partial charge in [0.1, 0.15) is 5.82 Å². The Balaban J connectivity index is 1.33. The van der Waals surface area contributed by atoms with Crippen molar-refractivity contribution in [3.63, 3.8) is 0 Å². The van der Waals surface area contributed by atoms with Gasteiger partial charge in [0.15, 0.2) is 5.16 Å². The summed E-state index contributed by atoms with van der Waals surface area (Å²) in [6, 6.07) is 16.2. The second kappa shape index (κ2) is 9.23. The Kier molecular flexibility index (Phi) is 6.44. The summed E-state index contributed by atoms with van der Waals surface area (Å²) in [5.74, 6) is 2.25. The third-order valence-corrected chi connectivity index (χ3v) is 6.64. The fourth-order valence-electron chi connectivity index (χ4n) is 3.62. The van der Waals surface area contributed by atoms with E-state index in [1.807, 2.05) is 24.3 Å². The second-order valence-electron chi connectivity index (χ2n) is 7.64. The number of rotatable bonds is 8. The van der Waals surface area contributed by atoms with E-state index in [2.05, 4.69) is 58.2 Å². The van der Waals surface area contributed by atoms with E-state index in [0.717, 1.165) is 29.5 Å². The topological polar surface area (TPSA) is 59.8 Å². The van der Waals surface area contributed by atoms with Crippen molar-refractivity contribution in [2.75, 3.05) is 5.75 Å². The molecule has 1 amide bonds. The Labute approximate surface area is 186 Å². The van der Waals surface area contributed by atoms with Gasteiger partial charge in [0.2, 0.25) is 5.91 Å². The van der Waals surface area contributed by atoms with Crippen molar-refractivity contribution in [3.8, 4) is 0 Å². The van der Waals surface area contributed by atoms with Crippen LogP contribution in [0, 0.1) is 6.92 Å². The van der Waals surface area contributed by atoms with Crippen LogP contribution in [-0.4, -0.2) is 26.4 Å². The zero-order valence-corrected chi connectivity index (χ0v) is 18.7. The van der Waals surface area contributed by atoms with Gasteiger partial charge in [-0.05, 0) is 49.4 Å². The monoisotopic (exact) mass is 440 g/mol. The third kappa shape index (κ3) is 4.87. The van der Waals surface area contributed by atoms with Gasteiger partial charge in [-0.2, -0.15) is 0 Å². The molecule has 4 rings (SSSR count). The summed E-state index contributed by atoms with van der Waals surface area (Å²) in [5, 5.41) is 13.3. The normalized spacial score (nSPS) is 17.7. The number of carbonyl (C=O) groups excluding carboxylic acids is 1. The molecule has 1 aromatic heterocycles. The summed E-state index contributed by atoms with van der Waals surface area (Å²) in [4.78, 5) is 12.3. The molecule has 1 heterocycles. The van der Waals surface area contributed by atoms with Gasteiger partial charge in [-0.25, -0.2) is 0 Å². The molecular weight excluding hydrogens is 416 g/mol. The van der Waals surface area contributed by atoms with Gasteiger partial charge < -0.3 is 9.88 Å². The molecule has 0 bridgehead atoms. The second-order valence-corrected chi connectivity index (χ2v) is 9.02.